The van der Waals surface area contributed by atoms with Crippen LogP contribution in [0.2, 0.25) is 0 Å². The van der Waals surface area contributed by atoms with E-state index in [0.29, 0.717) is 6.42 Å². The van der Waals surface area contributed by atoms with Crippen molar-refractivity contribution in [2.45, 2.75) is 108 Å². The van der Waals surface area contributed by atoms with Crippen molar-refractivity contribution in [1.29, 1.82) is 0 Å². The molecule has 0 aliphatic carbocycles. The molecule has 3 nitrogen and oxygen atoms in total. The number of hydrogen-bond acceptors (Lipinski definition) is 2. The van der Waals surface area contributed by atoms with Crippen molar-refractivity contribution >= 4 is 11.6 Å². The van der Waals surface area contributed by atoms with Crippen molar-refractivity contribution in [3.63, 3.8) is 0 Å². The van der Waals surface area contributed by atoms with Crippen LogP contribution in [0.3, 0.4) is 0 Å². The van der Waals surface area contributed by atoms with Crippen molar-refractivity contribution in [2.75, 3.05) is 24.5 Å². The minimum absolute atomic E-state index is 0.0766. The first-order valence-corrected chi connectivity index (χ1v) is 14.2. The van der Waals surface area contributed by atoms with Crippen LogP contribution < -0.4 is 4.90 Å². The second kappa shape index (κ2) is 22.2. The molecule has 0 aliphatic rings. The maximum absolute atomic E-state index is 12.7. The number of aryl methyl sites for hydroxylation is 1. The summed E-state index contributed by atoms with van der Waals surface area (Å²) in [7, 11) is 0. The maximum atomic E-state index is 12.7. The van der Waals surface area contributed by atoms with Gasteiger partial charge in [-0.25, -0.2) is 0 Å². The summed E-state index contributed by atoms with van der Waals surface area (Å²) in [5, 5.41) is 0. The van der Waals surface area contributed by atoms with Gasteiger partial charge < -0.3 is 9.80 Å². The molecule has 2 aromatic carbocycles. The summed E-state index contributed by atoms with van der Waals surface area (Å²) in [6.07, 6.45) is 3.72. The fraction of sp³-hybridized carbons (Fsp3) is 0.594. The molecule has 2 rings (SSSR count). The number of benzene rings is 2. The summed E-state index contributed by atoms with van der Waals surface area (Å²) in [5.41, 5.74) is 5.02. The van der Waals surface area contributed by atoms with E-state index in [-0.39, 0.29) is 11.9 Å². The van der Waals surface area contributed by atoms with Gasteiger partial charge in [-0.15, -0.1) is 0 Å². The zero-order chi connectivity index (χ0) is 27.2. The predicted molar refractivity (Wildman–Crippen MR) is 159 cm³/mol. The molecule has 2 aromatic rings. The van der Waals surface area contributed by atoms with Crippen LogP contribution in [0.25, 0.3) is 0 Å². The normalized spacial score (nSPS) is 10.4. The second-order valence-corrected chi connectivity index (χ2v) is 7.93. The molecule has 0 spiro atoms. The van der Waals surface area contributed by atoms with Gasteiger partial charge in [0.2, 0.25) is 5.91 Å². The molecule has 3 heteroatoms. The van der Waals surface area contributed by atoms with Crippen molar-refractivity contribution in [1.82, 2.24) is 4.90 Å². The number of carbonyl (C=O) groups is 1. The lowest BCUT2D eigenvalue weighted by Gasteiger charge is -2.30. The van der Waals surface area contributed by atoms with Crippen LogP contribution >= 0.6 is 0 Å². The van der Waals surface area contributed by atoms with E-state index in [1.165, 1.54) is 22.4 Å². The fourth-order valence-corrected chi connectivity index (χ4v) is 3.80. The Morgan fingerprint density at radius 3 is 1.66 bits per heavy atom. The summed E-state index contributed by atoms with van der Waals surface area (Å²) in [6, 6.07) is 17.5. The van der Waals surface area contributed by atoms with E-state index in [0.717, 1.165) is 38.9 Å². The van der Waals surface area contributed by atoms with Crippen molar-refractivity contribution < 1.29 is 4.79 Å². The molecule has 0 aromatic heterocycles. The molecule has 1 amide bonds. The predicted octanol–water partition coefficient (Wildman–Crippen LogP) is 9.24. The van der Waals surface area contributed by atoms with Crippen molar-refractivity contribution in [3.05, 3.63) is 65.2 Å². The van der Waals surface area contributed by atoms with Gasteiger partial charge in [-0.3, -0.25) is 4.79 Å². The molecule has 0 radical (unpaired) electrons. The van der Waals surface area contributed by atoms with Gasteiger partial charge in [0.15, 0.2) is 0 Å². The lowest BCUT2D eigenvalue weighted by Crippen LogP contribution is -2.35. The van der Waals surface area contributed by atoms with E-state index in [9.17, 15) is 4.79 Å². The van der Waals surface area contributed by atoms with E-state index in [4.69, 9.17) is 0 Å². The molecule has 0 fully saturated rings. The van der Waals surface area contributed by atoms with Gasteiger partial charge in [0, 0.05) is 31.7 Å². The average Bonchev–Trinajstić information content (AvgIpc) is 2.93. The van der Waals surface area contributed by atoms with E-state index in [2.05, 4.69) is 81.1 Å². The van der Waals surface area contributed by atoms with Gasteiger partial charge in [0.05, 0.1) is 6.04 Å². The molecule has 0 heterocycles. The molecule has 35 heavy (non-hydrogen) atoms. The Labute approximate surface area is 218 Å². The summed E-state index contributed by atoms with van der Waals surface area (Å²) in [5.74, 6) is 0.215. The number of carbonyl (C=O) groups excluding carboxylic acids is 1. The molecule has 0 N–H and O–H groups in total. The fourth-order valence-electron chi connectivity index (χ4n) is 3.80. The topological polar surface area (TPSA) is 23.6 Å². The third kappa shape index (κ3) is 12.8. The molecular weight excluding hydrogens is 428 g/mol. The Morgan fingerprint density at radius 1 is 0.743 bits per heavy atom. The van der Waals surface area contributed by atoms with Gasteiger partial charge in [-0.05, 0) is 56.4 Å². The Hall–Kier alpha value is -2.29. The van der Waals surface area contributed by atoms with Crippen LogP contribution in [-0.2, 0) is 11.2 Å². The van der Waals surface area contributed by atoms with Crippen LogP contribution in [0.15, 0.2) is 48.5 Å². The highest BCUT2D eigenvalue weighted by molar-refractivity contribution is 5.76. The lowest BCUT2D eigenvalue weighted by molar-refractivity contribution is -0.133. The zero-order valence-corrected chi connectivity index (χ0v) is 24.9. The summed E-state index contributed by atoms with van der Waals surface area (Å²) in [6.45, 7) is 25.6. The van der Waals surface area contributed by atoms with Gasteiger partial charge >= 0.3 is 0 Å². The van der Waals surface area contributed by atoms with Gasteiger partial charge in [0.25, 0.3) is 0 Å². The van der Waals surface area contributed by atoms with Crippen LogP contribution in [-0.4, -0.2) is 30.4 Å². The molecule has 200 valence electrons. The van der Waals surface area contributed by atoms with E-state index in [1.54, 1.807) is 0 Å². The monoisotopic (exact) mass is 484 g/mol. The number of amides is 1. The maximum Gasteiger partial charge on any atom is 0.222 e. The summed E-state index contributed by atoms with van der Waals surface area (Å²) < 4.78 is 0. The number of rotatable bonds is 11. The molecule has 1 atom stereocenters. The zero-order valence-electron chi connectivity index (χ0n) is 24.9. The van der Waals surface area contributed by atoms with Crippen LogP contribution in [0.4, 0.5) is 5.69 Å². The van der Waals surface area contributed by atoms with Crippen LogP contribution in [0.1, 0.15) is 111 Å². The van der Waals surface area contributed by atoms with Crippen LogP contribution in [0.5, 0.6) is 0 Å². The van der Waals surface area contributed by atoms with Crippen LogP contribution in [0, 0.1) is 6.92 Å². The molecule has 0 bridgehead atoms. The van der Waals surface area contributed by atoms with Crippen molar-refractivity contribution in [2.24, 2.45) is 0 Å². The smallest absolute Gasteiger partial charge is 0.222 e. The third-order valence-corrected chi connectivity index (χ3v) is 5.58. The first-order valence-electron chi connectivity index (χ1n) is 14.2. The van der Waals surface area contributed by atoms with Gasteiger partial charge in [-0.1, -0.05) is 104 Å². The highest BCUT2D eigenvalue weighted by Gasteiger charge is 2.20. The largest absolute Gasteiger partial charge is 0.372 e. The Bertz CT molecular complexity index is 731. The van der Waals surface area contributed by atoms with E-state index in [1.807, 2.05) is 53.4 Å². The Morgan fingerprint density at radius 2 is 1.23 bits per heavy atom. The molecule has 0 saturated carbocycles. The first-order chi connectivity index (χ1) is 17.0. The third-order valence-electron chi connectivity index (χ3n) is 5.58. The quantitative estimate of drug-likeness (QED) is 0.317. The molecule has 0 saturated heterocycles. The van der Waals surface area contributed by atoms with E-state index >= 15 is 0 Å². The SMILES string of the molecule is CC.CC.CC.CCCN(CCC)c1ccc(C(C)N(CCc2ccc(C)cc2)C(=O)CC)cc1. The highest BCUT2D eigenvalue weighted by atomic mass is 16.2. The summed E-state index contributed by atoms with van der Waals surface area (Å²) >= 11 is 0. The standard InChI is InChI=1S/C26H38N2O.3C2H6/c1-6-18-27(19-7-2)25-15-13-24(14-16-25)22(5)28(26(29)8-3)20-17-23-11-9-21(4)10-12-23;3*1-2/h9-16,22H,6-8,17-20H2,1-5H3;3*1-2H3. The Balaban J connectivity index is 0. The number of anilines is 1. The second-order valence-electron chi connectivity index (χ2n) is 7.93. The van der Waals surface area contributed by atoms with E-state index < -0.39 is 0 Å². The molecule has 1 unspecified atom stereocenters. The molecule has 0 aliphatic heterocycles. The minimum Gasteiger partial charge on any atom is -0.372 e. The number of hydrogen-bond donors (Lipinski definition) is 0. The van der Waals surface area contributed by atoms with Gasteiger partial charge in [-0.2, -0.15) is 0 Å². The van der Waals surface area contributed by atoms with Gasteiger partial charge in [0.1, 0.15) is 0 Å². The van der Waals surface area contributed by atoms with Crippen molar-refractivity contribution in [3.8, 4) is 0 Å². The minimum atomic E-state index is 0.0766. The highest BCUT2D eigenvalue weighted by Crippen LogP contribution is 2.25. The molecular formula is C32H56N2O. The average molecular weight is 485 g/mol. The summed E-state index contributed by atoms with van der Waals surface area (Å²) in [4.78, 5) is 17.1. The number of nitrogens with zero attached hydrogens (tertiary/aromatic N) is 2. The Kier molecular flexibility index (Phi) is 22.1. The first kappa shape index (κ1) is 34.9. The lowest BCUT2D eigenvalue weighted by atomic mass is 10.0.